The van der Waals surface area contributed by atoms with E-state index in [0.717, 1.165) is 19.3 Å². The van der Waals surface area contributed by atoms with Crippen LogP contribution in [-0.2, 0) is 12.8 Å². The molecule has 128 valence electrons. The maximum absolute atomic E-state index is 2.36. The Kier molecular flexibility index (Phi) is 3.16. The highest BCUT2D eigenvalue weighted by atomic mass is 14.3. The van der Waals surface area contributed by atoms with Crippen LogP contribution in [0.4, 0.5) is 0 Å². The maximum atomic E-state index is 2.36. The van der Waals surface area contributed by atoms with Crippen LogP contribution in [0.5, 0.6) is 0 Å². The van der Waals surface area contributed by atoms with E-state index >= 15 is 0 Å². The Morgan fingerprint density at radius 1 is 0.556 bits per heavy atom. The van der Waals surface area contributed by atoms with Gasteiger partial charge in [-0.05, 0) is 68.6 Å². The zero-order valence-corrected chi connectivity index (χ0v) is 15.2. The standard InChI is InChI=1S/C27H20/c1-3-10-24-18(6-1)12-14-22-16-20-8-5-9-21(20)17-23-15-13-19-7-2-4-11-25(19)27(23)26(22)24/h1-8,10-15H,9,16-17H2. The van der Waals surface area contributed by atoms with E-state index in [1.165, 1.54) is 49.4 Å². The summed E-state index contributed by atoms with van der Waals surface area (Å²) in [5, 5.41) is 5.41. The van der Waals surface area contributed by atoms with Gasteiger partial charge in [0.15, 0.2) is 0 Å². The first-order valence-electron chi connectivity index (χ1n) is 9.77. The van der Waals surface area contributed by atoms with Gasteiger partial charge in [-0.15, -0.1) is 0 Å². The maximum Gasteiger partial charge on any atom is -0.00197 e. The Morgan fingerprint density at radius 3 is 1.81 bits per heavy atom. The molecule has 6 rings (SSSR count). The Bertz CT molecular complexity index is 1280. The lowest BCUT2D eigenvalue weighted by molar-refractivity contribution is 1.03. The minimum atomic E-state index is 1.04. The van der Waals surface area contributed by atoms with Crippen LogP contribution in [0.25, 0.3) is 32.7 Å². The summed E-state index contributed by atoms with van der Waals surface area (Å²) in [5.41, 5.74) is 8.90. The SMILES string of the molecule is C1=CC2=C(C1)Cc1ccc3ccccc3c1-c1c(ccc3ccccc13)C2. The first kappa shape index (κ1) is 15.0. The summed E-state index contributed by atoms with van der Waals surface area (Å²) < 4.78 is 0. The minimum Gasteiger partial charge on any atom is -0.0802 e. The number of hydrogen-bond acceptors (Lipinski definition) is 0. The fourth-order valence-electron chi connectivity index (χ4n) is 4.92. The van der Waals surface area contributed by atoms with Crippen molar-refractivity contribution in [3.05, 3.63) is 107 Å². The highest BCUT2D eigenvalue weighted by Gasteiger charge is 2.22. The zero-order valence-electron chi connectivity index (χ0n) is 15.2. The highest BCUT2D eigenvalue weighted by molar-refractivity contribution is 6.08. The molecule has 2 aliphatic carbocycles. The fraction of sp³-hybridized carbons (Fsp3) is 0.111. The van der Waals surface area contributed by atoms with Crippen LogP contribution in [0, 0.1) is 0 Å². The van der Waals surface area contributed by atoms with Crippen molar-refractivity contribution < 1.29 is 0 Å². The van der Waals surface area contributed by atoms with Crippen molar-refractivity contribution in [3.63, 3.8) is 0 Å². The number of allylic oxidation sites excluding steroid dienone is 4. The molecule has 0 bridgehead atoms. The Morgan fingerprint density at radius 2 is 1.15 bits per heavy atom. The van der Waals surface area contributed by atoms with E-state index in [1.807, 2.05) is 0 Å². The molecule has 0 atom stereocenters. The smallest absolute Gasteiger partial charge is 0.00197 e. The van der Waals surface area contributed by atoms with E-state index in [2.05, 4.69) is 84.9 Å². The fourth-order valence-corrected chi connectivity index (χ4v) is 4.92. The van der Waals surface area contributed by atoms with Crippen molar-refractivity contribution in [3.8, 4) is 11.1 Å². The summed E-state index contributed by atoms with van der Waals surface area (Å²) >= 11 is 0. The molecule has 0 fully saturated rings. The van der Waals surface area contributed by atoms with Crippen LogP contribution >= 0.6 is 0 Å². The van der Waals surface area contributed by atoms with Crippen molar-refractivity contribution in [1.29, 1.82) is 0 Å². The van der Waals surface area contributed by atoms with Crippen molar-refractivity contribution in [2.24, 2.45) is 0 Å². The van der Waals surface area contributed by atoms with Crippen LogP contribution < -0.4 is 0 Å². The van der Waals surface area contributed by atoms with Crippen LogP contribution in [0.2, 0.25) is 0 Å². The van der Waals surface area contributed by atoms with Gasteiger partial charge in [0.05, 0.1) is 0 Å². The molecule has 0 amide bonds. The quantitative estimate of drug-likeness (QED) is 0.322. The molecule has 27 heavy (non-hydrogen) atoms. The first-order chi connectivity index (χ1) is 13.4. The molecular formula is C27H20. The molecule has 0 spiro atoms. The zero-order chi connectivity index (χ0) is 17.8. The molecular weight excluding hydrogens is 324 g/mol. The second-order valence-electron chi connectivity index (χ2n) is 7.73. The second kappa shape index (κ2) is 5.69. The molecule has 2 aliphatic rings. The van der Waals surface area contributed by atoms with Gasteiger partial charge in [-0.25, -0.2) is 0 Å². The van der Waals surface area contributed by atoms with Gasteiger partial charge < -0.3 is 0 Å². The monoisotopic (exact) mass is 344 g/mol. The molecule has 0 saturated heterocycles. The predicted octanol–water partition coefficient (Wildman–Crippen LogP) is 7.02. The summed E-state index contributed by atoms with van der Waals surface area (Å²) in [4.78, 5) is 0. The van der Waals surface area contributed by atoms with E-state index in [1.54, 1.807) is 5.57 Å². The Labute approximate surface area is 159 Å². The molecule has 0 heteroatoms. The van der Waals surface area contributed by atoms with E-state index in [-0.39, 0.29) is 0 Å². The molecule has 4 aromatic carbocycles. The molecule has 0 nitrogen and oxygen atoms in total. The summed E-state index contributed by atoms with van der Waals surface area (Å²) in [7, 11) is 0. The Hall–Kier alpha value is -3.12. The molecule has 4 aromatic rings. The number of benzene rings is 4. The van der Waals surface area contributed by atoms with Gasteiger partial charge in [0.2, 0.25) is 0 Å². The van der Waals surface area contributed by atoms with Crippen LogP contribution in [0.1, 0.15) is 17.5 Å². The lowest BCUT2D eigenvalue weighted by Gasteiger charge is -2.23. The number of fused-ring (bicyclic) bond motifs is 7. The molecule has 0 radical (unpaired) electrons. The van der Waals surface area contributed by atoms with Gasteiger partial charge in [-0.2, -0.15) is 0 Å². The van der Waals surface area contributed by atoms with Gasteiger partial charge in [0.1, 0.15) is 0 Å². The third kappa shape index (κ3) is 2.23. The molecule has 0 heterocycles. The molecule has 0 aliphatic heterocycles. The largest absolute Gasteiger partial charge is 0.0802 e. The summed E-state index contributed by atoms with van der Waals surface area (Å²) in [6.07, 6.45) is 7.88. The van der Waals surface area contributed by atoms with Gasteiger partial charge in [0, 0.05) is 0 Å². The topological polar surface area (TPSA) is 0 Å². The van der Waals surface area contributed by atoms with Gasteiger partial charge in [-0.3, -0.25) is 0 Å². The Balaban J connectivity index is 1.81. The van der Waals surface area contributed by atoms with Crippen LogP contribution in [0.15, 0.2) is 96.1 Å². The second-order valence-corrected chi connectivity index (χ2v) is 7.73. The average molecular weight is 344 g/mol. The normalized spacial score (nSPS) is 15.4. The van der Waals surface area contributed by atoms with Crippen LogP contribution in [0.3, 0.4) is 0 Å². The van der Waals surface area contributed by atoms with Crippen molar-refractivity contribution in [1.82, 2.24) is 0 Å². The van der Waals surface area contributed by atoms with E-state index in [4.69, 9.17) is 0 Å². The number of rotatable bonds is 0. The minimum absolute atomic E-state index is 1.04. The third-order valence-corrected chi connectivity index (χ3v) is 6.20. The number of hydrogen-bond donors (Lipinski definition) is 0. The van der Waals surface area contributed by atoms with Gasteiger partial charge in [-0.1, -0.05) is 90.5 Å². The van der Waals surface area contributed by atoms with E-state index < -0.39 is 0 Å². The third-order valence-electron chi connectivity index (χ3n) is 6.20. The average Bonchev–Trinajstić information content (AvgIpc) is 3.13. The van der Waals surface area contributed by atoms with Crippen LogP contribution in [-0.4, -0.2) is 0 Å². The highest BCUT2D eigenvalue weighted by Crippen LogP contribution is 2.43. The van der Waals surface area contributed by atoms with Gasteiger partial charge >= 0.3 is 0 Å². The molecule has 0 saturated carbocycles. The lowest BCUT2D eigenvalue weighted by Crippen LogP contribution is -2.04. The summed E-state index contributed by atoms with van der Waals surface area (Å²) in [5.74, 6) is 0. The van der Waals surface area contributed by atoms with E-state index in [0.29, 0.717) is 0 Å². The van der Waals surface area contributed by atoms with Crippen molar-refractivity contribution >= 4 is 21.5 Å². The molecule has 0 unspecified atom stereocenters. The summed E-state index contributed by atoms with van der Waals surface area (Å²) in [6.45, 7) is 0. The first-order valence-corrected chi connectivity index (χ1v) is 9.77. The molecule has 0 N–H and O–H groups in total. The summed E-state index contributed by atoms with van der Waals surface area (Å²) in [6, 6.07) is 27.0. The lowest BCUT2D eigenvalue weighted by atomic mass is 9.81. The van der Waals surface area contributed by atoms with Crippen molar-refractivity contribution in [2.45, 2.75) is 19.3 Å². The van der Waals surface area contributed by atoms with Gasteiger partial charge in [0.25, 0.3) is 0 Å². The predicted molar refractivity (Wildman–Crippen MR) is 115 cm³/mol. The van der Waals surface area contributed by atoms with Crippen molar-refractivity contribution in [2.75, 3.05) is 0 Å². The molecule has 0 aromatic heterocycles. The van der Waals surface area contributed by atoms with E-state index in [9.17, 15) is 0 Å².